The molecule has 6 heteroatoms. The van der Waals surface area contributed by atoms with E-state index in [1.165, 1.54) is 0 Å². The highest BCUT2D eigenvalue weighted by Crippen LogP contribution is 2.27. The first-order valence-electron chi connectivity index (χ1n) is 7.04. The maximum atomic E-state index is 12.1. The van der Waals surface area contributed by atoms with E-state index in [-0.39, 0.29) is 24.2 Å². The molecule has 118 valence electrons. The smallest absolute Gasteiger partial charge is 0.274 e. The van der Waals surface area contributed by atoms with E-state index >= 15 is 0 Å². The van der Waals surface area contributed by atoms with Gasteiger partial charge in [-0.05, 0) is 32.9 Å². The Kier molecular flexibility index (Phi) is 5.04. The molecule has 0 aliphatic rings. The number of para-hydroxylation sites is 2. The molecule has 1 aromatic carbocycles. The zero-order valence-electron chi connectivity index (χ0n) is 13.2. The number of benzene rings is 1. The normalized spacial score (nSPS) is 10.6. The lowest BCUT2D eigenvalue weighted by molar-refractivity contribution is 0.0931. The van der Waals surface area contributed by atoms with Crippen LogP contribution in [-0.2, 0) is 6.61 Å². The molecule has 2 aromatic rings. The molecule has 2 rings (SSSR count). The van der Waals surface area contributed by atoms with Crippen LogP contribution in [0.15, 0.2) is 28.8 Å². The molecule has 22 heavy (non-hydrogen) atoms. The second-order valence-electron chi connectivity index (χ2n) is 5.13. The standard InChI is InChI=1S/C16H20N2O4/c1-10(2)17-16(19)15-12(11(3)22-18-15)9-21-14-8-6-5-7-13(14)20-4/h5-8,10H,9H2,1-4H3,(H,17,19). The SMILES string of the molecule is COc1ccccc1OCc1c(C(=O)NC(C)C)noc1C. The van der Waals surface area contributed by atoms with Crippen LogP contribution in [0.25, 0.3) is 0 Å². The van der Waals surface area contributed by atoms with Gasteiger partial charge in [-0.25, -0.2) is 0 Å². The lowest BCUT2D eigenvalue weighted by atomic mass is 10.2. The van der Waals surface area contributed by atoms with Crippen molar-refractivity contribution < 1.29 is 18.8 Å². The summed E-state index contributed by atoms with van der Waals surface area (Å²) < 4.78 is 16.1. The Balaban J connectivity index is 2.16. The van der Waals surface area contributed by atoms with E-state index in [9.17, 15) is 4.79 Å². The van der Waals surface area contributed by atoms with Crippen LogP contribution in [0.5, 0.6) is 11.5 Å². The van der Waals surface area contributed by atoms with Gasteiger partial charge >= 0.3 is 0 Å². The van der Waals surface area contributed by atoms with Crippen molar-refractivity contribution in [1.82, 2.24) is 10.5 Å². The number of aromatic nitrogens is 1. The number of carbonyl (C=O) groups excluding carboxylic acids is 1. The van der Waals surface area contributed by atoms with Gasteiger partial charge in [-0.1, -0.05) is 17.3 Å². The Labute approximate surface area is 129 Å². The van der Waals surface area contributed by atoms with E-state index < -0.39 is 0 Å². The minimum Gasteiger partial charge on any atom is -0.493 e. The van der Waals surface area contributed by atoms with Crippen molar-refractivity contribution in [3.63, 3.8) is 0 Å². The van der Waals surface area contributed by atoms with Crippen LogP contribution in [0, 0.1) is 6.92 Å². The minimum atomic E-state index is -0.273. The van der Waals surface area contributed by atoms with Gasteiger partial charge in [0.15, 0.2) is 17.2 Å². The van der Waals surface area contributed by atoms with Gasteiger partial charge in [-0.3, -0.25) is 4.79 Å². The largest absolute Gasteiger partial charge is 0.493 e. The van der Waals surface area contributed by atoms with Gasteiger partial charge < -0.3 is 19.3 Å². The predicted octanol–water partition coefficient (Wildman–Crippen LogP) is 2.71. The molecule has 1 heterocycles. The molecule has 0 spiro atoms. The van der Waals surface area contributed by atoms with Crippen LogP contribution in [0.3, 0.4) is 0 Å². The number of ether oxygens (including phenoxy) is 2. The second kappa shape index (κ2) is 6.98. The quantitative estimate of drug-likeness (QED) is 0.888. The van der Waals surface area contributed by atoms with Gasteiger partial charge in [0.1, 0.15) is 12.4 Å². The maximum absolute atomic E-state index is 12.1. The van der Waals surface area contributed by atoms with E-state index in [1.807, 2.05) is 32.0 Å². The molecule has 0 saturated heterocycles. The van der Waals surface area contributed by atoms with Gasteiger partial charge in [0.05, 0.1) is 12.7 Å². The summed E-state index contributed by atoms with van der Waals surface area (Å²) in [6.45, 7) is 5.70. The van der Waals surface area contributed by atoms with Gasteiger partial charge in [0, 0.05) is 6.04 Å². The number of hydrogen-bond acceptors (Lipinski definition) is 5. The van der Waals surface area contributed by atoms with Crippen molar-refractivity contribution in [2.75, 3.05) is 7.11 Å². The Morgan fingerprint density at radius 1 is 1.32 bits per heavy atom. The molecule has 0 bridgehead atoms. The second-order valence-corrected chi connectivity index (χ2v) is 5.13. The Morgan fingerprint density at radius 3 is 2.64 bits per heavy atom. The van der Waals surface area contributed by atoms with Crippen LogP contribution < -0.4 is 14.8 Å². The van der Waals surface area contributed by atoms with Crippen molar-refractivity contribution >= 4 is 5.91 Å². The summed E-state index contributed by atoms with van der Waals surface area (Å²) in [5, 5.41) is 6.62. The fourth-order valence-corrected chi connectivity index (χ4v) is 1.96. The molecule has 0 aliphatic carbocycles. The van der Waals surface area contributed by atoms with E-state index in [0.29, 0.717) is 22.8 Å². The van der Waals surface area contributed by atoms with Crippen LogP contribution >= 0.6 is 0 Å². The molecule has 0 radical (unpaired) electrons. The molecule has 1 N–H and O–H groups in total. The van der Waals surface area contributed by atoms with E-state index in [1.54, 1.807) is 20.1 Å². The van der Waals surface area contributed by atoms with Crippen molar-refractivity contribution in [3.05, 3.63) is 41.3 Å². The van der Waals surface area contributed by atoms with E-state index in [0.717, 1.165) is 0 Å². The summed E-state index contributed by atoms with van der Waals surface area (Å²) in [7, 11) is 1.58. The molecule has 0 unspecified atom stereocenters. The van der Waals surface area contributed by atoms with Gasteiger partial charge in [-0.15, -0.1) is 0 Å². The Morgan fingerprint density at radius 2 is 2.00 bits per heavy atom. The van der Waals surface area contributed by atoms with Crippen molar-refractivity contribution in [1.29, 1.82) is 0 Å². The van der Waals surface area contributed by atoms with E-state index in [2.05, 4.69) is 10.5 Å². The average Bonchev–Trinajstić information content (AvgIpc) is 2.86. The third-order valence-corrected chi connectivity index (χ3v) is 3.06. The molecular weight excluding hydrogens is 284 g/mol. The first kappa shape index (κ1) is 15.9. The highest BCUT2D eigenvalue weighted by Gasteiger charge is 2.21. The van der Waals surface area contributed by atoms with Gasteiger partial charge in [0.25, 0.3) is 5.91 Å². The lowest BCUT2D eigenvalue weighted by Gasteiger charge is -2.11. The maximum Gasteiger partial charge on any atom is 0.274 e. The van der Waals surface area contributed by atoms with Crippen LogP contribution in [0.1, 0.15) is 35.7 Å². The number of nitrogens with one attached hydrogen (secondary N) is 1. The first-order valence-corrected chi connectivity index (χ1v) is 7.04. The van der Waals surface area contributed by atoms with Crippen LogP contribution in [0.2, 0.25) is 0 Å². The minimum absolute atomic E-state index is 0.0208. The molecule has 0 saturated carbocycles. The molecule has 0 aliphatic heterocycles. The summed E-state index contributed by atoms with van der Waals surface area (Å²) in [5.74, 6) is 1.51. The number of rotatable bonds is 6. The highest BCUT2D eigenvalue weighted by atomic mass is 16.5. The number of amides is 1. The number of methoxy groups -OCH3 is 1. The predicted molar refractivity (Wildman–Crippen MR) is 81.2 cm³/mol. The van der Waals surface area contributed by atoms with E-state index in [4.69, 9.17) is 14.0 Å². The molecule has 6 nitrogen and oxygen atoms in total. The summed E-state index contributed by atoms with van der Waals surface area (Å²) in [4.78, 5) is 12.1. The fraction of sp³-hybridized carbons (Fsp3) is 0.375. The third kappa shape index (κ3) is 3.58. The zero-order valence-corrected chi connectivity index (χ0v) is 13.2. The van der Waals surface area contributed by atoms with Gasteiger partial charge in [0.2, 0.25) is 0 Å². The zero-order chi connectivity index (χ0) is 16.1. The summed E-state index contributed by atoms with van der Waals surface area (Å²) >= 11 is 0. The lowest BCUT2D eigenvalue weighted by Crippen LogP contribution is -2.31. The van der Waals surface area contributed by atoms with Crippen molar-refractivity contribution in [2.45, 2.75) is 33.4 Å². The third-order valence-electron chi connectivity index (χ3n) is 3.06. The molecule has 0 atom stereocenters. The molecular formula is C16H20N2O4. The molecule has 1 amide bonds. The number of hydrogen-bond donors (Lipinski definition) is 1. The summed E-state index contributed by atoms with van der Waals surface area (Å²) in [6.07, 6.45) is 0. The topological polar surface area (TPSA) is 73.6 Å². The first-order chi connectivity index (χ1) is 10.5. The molecule has 1 aromatic heterocycles. The van der Waals surface area contributed by atoms with Crippen LogP contribution in [-0.4, -0.2) is 24.2 Å². The average molecular weight is 304 g/mol. The summed E-state index contributed by atoms with van der Waals surface area (Å²) in [6, 6.07) is 7.34. The van der Waals surface area contributed by atoms with Crippen molar-refractivity contribution in [2.24, 2.45) is 0 Å². The Hall–Kier alpha value is -2.50. The number of nitrogens with zero attached hydrogens (tertiary/aromatic N) is 1. The number of carbonyl (C=O) groups is 1. The van der Waals surface area contributed by atoms with Gasteiger partial charge in [-0.2, -0.15) is 0 Å². The number of aryl methyl sites for hydroxylation is 1. The Bertz CT molecular complexity index is 649. The highest BCUT2D eigenvalue weighted by molar-refractivity contribution is 5.93. The summed E-state index contributed by atoms with van der Waals surface area (Å²) in [5.41, 5.74) is 0.880. The molecule has 0 fully saturated rings. The van der Waals surface area contributed by atoms with Crippen LogP contribution in [0.4, 0.5) is 0 Å². The fourth-order valence-electron chi connectivity index (χ4n) is 1.96. The van der Waals surface area contributed by atoms with Crippen molar-refractivity contribution in [3.8, 4) is 11.5 Å². The monoisotopic (exact) mass is 304 g/mol.